The first-order valence-corrected chi connectivity index (χ1v) is 6.15. The minimum Gasteiger partial charge on any atom is -0.478 e. The molecule has 0 fully saturated rings. The van der Waals surface area contributed by atoms with Crippen molar-refractivity contribution in [2.24, 2.45) is 0 Å². The van der Waals surface area contributed by atoms with Gasteiger partial charge in [0.25, 0.3) is 0 Å². The Kier molecular flexibility index (Phi) is 3.65. The van der Waals surface area contributed by atoms with Crippen molar-refractivity contribution in [2.75, 3.05) is 0 Å². The quantitative estimate of drug-likeness (QED) is 0.901. The summed E-state index contributed by atoms with van der Waals surface area (Å²) in [6, 6.07) is 10.8. The van der Waals surface area contributed by atoms with Crippen LogP contribution in [0.1, 0.15) is 28.4 Å². The molecule has 0 aliphatic carbocycles. The van der Waals surface area contributed by atoms with E-state index in [0.717, 1.165) is 17.5 Å². The Labute approximate surface area is 111 Å². The van der Waals surface area contributed by atoms with Crippen molar-refractivity contribution >= 4 is 5.97 Å². The maximum Gasteiger partial charge on any atom is 0.338 e. The fraction of sp³-hybridized carbons (Fsp3) is 0.188. The summed E-state index contributed by atoms with van der Waals surface area (Å²) in [5.41, 5.74) is 2.95. The van der Waals surface area contributed by atoms with Crippen LogP contribution in [-0.4, -0.2) is 11.1 Å². The van der Waals surface area contributed by atoms with Gasteiger partial charge in [0.15, 0.2) is 0 Å². The van der Waals surface area contributed by atoms with Crippen molar-refractivity contribution in [3.8, 4) is 11.1 Å². The Morgan fingerprint density at radius 3 is 2.53 bits per heavy atom. The molecule has 1 N–H and O–H groups in total. The molecule has 2 aromatic rings. The summed E-state index contributed by atoms with van der Waals surface area (Å²) in [4.78, 5) is 11.0. The lowest BCUT2D eigenvalue weighted by Gasteiger charge is -2.08. The molecule has 98 valence electrons. The number of aryl methyl sites for hydroxylation is 2. The molecular formula is C16H15FO2. The van der Waals surface area contributed by atoms with Gasteiger partial charge in [0.05, 0.1) is 5.56 Å². The smallest absolute Gasteiger partial charge is 0.338 e. The van der Waals surface area contributed by atoms with Crippen LogP contribution in [0.4, 0.5) is 4.39 Å². The van der Waals surface area contributed by atoms with Crippen LogP contribution >= 0.6 is 0 Å². The van der Waals surface area contributed by atoms with Crippen LogP contribution < -0.4 is 0 Å². The van der Waals surface area contributed by atoms with Crippen LogP contribution in [-0.2, 0) is 6.42 Å². The predicted octanol–water partition coefficient (Wildman–Crippen LogP) is 4.06. The molecule has 0 atom stereocenters. The number of hydrogen-bond donors (Lipinski definition) is 1. The van der Waals surface area contributed by atoms with E-state index in [1.54, 1.807) is 13.0 Å². The lowest BCUT2D eigenvalue weighted by Crippen LogP contribution is -2.04. The molecule has 2 nitrogen and oxygen atoms in total. The third-order valence-corrected chi connectivity index (χ3v) is 3.17. The van der Waals surface area contributed by atoms with Gasteiger partial charge >= 0.3 is 5.97 Å². The normalized spacial score (nSPS) is 10.5. The van der Waals surface area contributed by atoms with E-state index in [4.69, 9.17) is 5.11 Å². The first-order valence-electron chi connectivity index (χ1n) is 6.15. The van der Waals surface area contributed by atoms with E-state index < -0.39 is 11.8 Å². The van der Waals surface area contributed by atoms with Crippen LogP contribution in [0.3, 0.4) is 0 Å². The number of carboxylic acid groups (broad SMARTS) is 1. The van der Waals surface area contributed by atoms with Crippen molar-refractivity contribution in [3.05, 3.63) is 58.9 Å². The highest BCUT2D eigenvalue weighted by atomic mass is 19.1. The average Bonchev–Trinajstić information content (AvgIpc) is 2.37. The van der Waals surface area contributed by atoms with Crippen molar-refractivity contribution in [3.63, 3.8) is 0 Å². The molecule has 0 unspecified atom stereocenters. The van der Waals surface area contributed by atoms with Crippen LogP contribution in [0.15, 0.2) is 36.4 Å². The van der Waals surface area contributed by atoms with Gasteiger partial charge in [-0.3, -0.25) is 0 Å². The van der Waals surface area contributed by atoms with Gasteiger partial charge in [0.2, 0.25) is 0 Å². The predicted molar refractivity (Wildman–Crippen MR) is 72.9 cm³/mol. The molecule has 0 aliphatic heterocycles. The maximum absolute atomic E-state index is 13.8. The van der Waals surface area contributed by atoms with Gasteiger partial charge in [0.1, 0.15) is 5.82 Å². The monoisotopic (exact) mass is 258 g/mol. The topological polar surface area (TPSA) is 37.3 Å². The Bertz CT molecular complexity index is 609. The van der Waals surface area contributed by atoms with E-state index in [-0.39, 0.29) is 5.56 Å². The summed E-state index contributed by atoms with van der Waals surface area (Å²) in [6.07, 6.45) is 0.905. The summed E-state index contributed by atoms with van der Waals surface area (Å²) in [6.45, 7) is 3.66. The zero-order valence-corrected chi connectivity index (χ0v) is 10.9. The number of halogens is 1. The van der Waals surface area contributed by atoms with Gasteiger partial charge < -0.3 is 5.11 Å². The molecule has 0 radical (unpaired) electrons. The highest BCUT2D eigenvalue weighted by Gasteiger charge is 2.15. The second kappa shape index (κ2) is 5.22. The van der Waals surface area contributed by atoms with E-state index in [0.29, 0.717) is 11.1 Å². The first kappa shape index (κ1) is 13.3. The largest absolute Gasteiger partial charge is 0.478 e. The van der Waals surface area contributed by atoms with E-state index >= 15 is 0 Å². The third-order valence-electron chi connectivity index (χ3n) is 3.17. The van der Waals surface area contributed by atoms with Crippen LogP contribution in [0.5, 0.6) is 0 Å². The summed E-state index contributed by atoms with van der Waals surface area (Å²) in [7, 11) is 0. The van der Waals surface area contributed by atoms with Gasteiger partial charge in [-0.15, -0.1) is 0 Å². The summed E-state index contributed by atoms with van der Waals surface area (Å²) < 4.78 is 13.8. The molecule has 0 aliphatic rings. The van der Waals surface area contributed by atoms with Crippen molar-refractivity contribution in [1.82, 2.24) is 0 Å². The second-order valence-electron chi connectivity index (χ2n) is 4.51. The van der Waals surface area contributed by atoms with E-state index in [1.807, 2.05) is 24.3 Å². The van der Waals surface area contributed by atoms with Crippen LogP contribution in [0.25, 0.3) is 11.1 Å². The number of hydrogen-bond acceptors (Lipinski definition) is 1. The van der Waals surface area contributed by atoms with Gasteiger partial charge in [0, 0.05) is 0 Å². The molecule has 0 saturated carbocycles. The summed E-state index contributed by atoms with van der Waals surface area (Å²) in [5.74, 6) is -1.92. The molecule has 3 heteroatoms. The molecular weight excluding hydrogens is 243 g/mol. The molecule has 2 rings (SSSR count). The second-order valence-corrected chi connectivity index (χ2v) is 4.51. The lowest BCUT2D eigenvalue weighted by atomic mass is 9.97. The zero-order chi connectivity index (χ0) is 14.0. The molecule has 0 bridgehead atoms. The Hall–Kier alpha value is -2.16. The van der Waals surface area contributed by atoms with Crippen LogP contribution in [0.2, 0.25) is 0 Å². The number of aromatic carboxylic acids is 1. The molecule has 0 amide bonds. The van der Waals surface area contributed by atoms with Gasteiger partial charge in [-0.1, -0.05) is 37.3 Å². The van der Waals surface area contributed by atoms with Gasteiger partial charge in [-0.05, 0) is 41.7 Å². The summed E-state index contributed by atoms with van der Waals surface area (Å²) >= 11 is 0. The van der Waals surface area contributed by atoms with E-state index in [9.17, 15) is 9.18 Å². The fourth-order valence-corrected chi connectivity index (χ4v) is 2.15. The molecule has 2 aromatic carbocycles. The van der Waals surface area contributed by atoms with Crippen LogP contribution in [0, 0.1) is 12.7 Å². The zero-order valence-electron chi connectivity index (χ0n) is 10.9. The molecule has 0 aromatic heterocycles. The molecule has 0 heterocycles. The van der Waals surface area contributed by atoms with Crippen molar-refractivity contribution in [1.29, 1.82) is 0 Å². The third kappa shape index (κ3) is 2.65. The highest BCUT2D eigenvalue weighted by molar-refractivity contribution is 5.90. The van der Waals surface area contributed by atoms with E-state index in [1.165, 1.54) is 6.07 Å². The average molecular weight is 258 g/mol. The number of carboxylic acids is 1. The molecule has 0 spiro atoms. The first-order chi connectivity index (χ1) is 9.02. The van der Waals surface area contributed by atoms with Gasteiger partial charge in [-0.2, -0.15) is 0 Å². The summed E-state index contributed by atoms with van der Waals surface area (Å²) in [5, 5.41) is 8.95. The lowest BCUT2D eigenvalue weighted by molar-refractivity contribution is 0.0691. The van der Waals surface area contributed by atoms with Gasteiger partial charge in [-0.25, -0.2) is 9.18 Å². The molecule has 0 saturated heterocycles. The Morgan fingerprint density at radius 2 is 1.95 bits per heavy atom. The van der Waals surface area contributed by atoms with Crippen molar-refractivity contribution in [2.45, 2.75) is 20.3 Å². The Balaban J connectivity index is 2.55. The SMILES string of the molecule is CCc1cccc(-c2cc(C)c(C(=O)O)c(F)c2)c1. The number of benzene rings is 2. The number of rotatable bonds is 3. The standard InChI is InChI=1S/C16H15FO2/c1-3-11-5-4-6-12(8-11)13-7-10(2)15(16(18)19)14(17)9-13/h4-9H,3H2,1-2H3,(H,18,19). The minimum absolute atomic E-state index is 0.254. The Morgan fingerprint density at radius 1 is 1.21 bits per heavy atom. The van der Waals surface area contributed by atoms with E-state index in [2.05, 4.69) is 6.92 Å². The minimum atomic E-state index is -1.23. The fourth-order valence-electron chi connectivity index (χ4n) is 2.15. The number of carbonyl (C=O) groups is 1. The molecule has 19 heavy (non-hydrogen) atoms. The van der Waals surface area contributed by atoms with Crippen molar-refractivity contribution < 1.29 is 14.3 Å². The highest BCUT2D eigenvalue weighted by Crippen LogP contribution is 2.25. The maximum atomic E-state index is 13.8.